The summed E-state index contributed by atoms with van der Waals surface area (Å²) in [4.78, 5) is 16.7. The number of hydrogen-bond donors (Lipinski definition) is 3. The lowest BCUT2D eigenvalue weighted by atomic mass is 10.3. The number of nitrogens with two attached hydrogens (primary N) is 1. The van der Waals surface area contributed by atoms with Crippen molar-refractivity contribution in [3.63, 3.8) is 0 Å². The maximum absolute atomic E-state index is 12.2. The number of anilines is 3. The Morgan fingerprint density at radius 1 is 1.40 bits per heavy atom. The van der Waals surface area contributed by atoms with Crippen LogP contribution >= 0.6 is 22.9 Å². The SMILES string of the molecule is CC(C)Nc1nc(N)c(C(=O)Nc2ccccc2Cl)s1. The predicted octanol–water partition coefficient (Wildman–Crippen LogP) is 3.45. The average Bonchev–Trinajstić information content (AvgIpc) is 2.72. The third-order valence-electron chi connectivity index (χ3n) is 2.39. The number of thiazole rings is 1. The van der Waals surface area contributed by atoms with Crippen LogP contribution in [0.15, 0.2) is 24.3 Å². The molecule has 1 aromatic carbocycles. The van der Waals surface area contributed by atoms with Gasteiger partial charge in [0.05, 0.1) is 10.7 Å². The van der Waals surface area contributed by atoms with E-state index >= 15 is 0 Å². The molecule has 4 N–H and O–H groups in total. The van der Waals surface area contributed by atoms with Crippen molar-refractivity contribution >= 4 is 45.5 Å². The molecule has 1 heterocycles. The summed E-state index contributed by atoms with van der Waals surface area (Å²) in [6.45, 7) is 3.97. The molecule has 0 radical (unpaired) electrons. The van der Waals surface area contributed by atoms with Crippen LogP contribution < -0.4 is 16.4 Å². The van der Waals surface area contributed by atoms with Crippen molar-refractivity contribution in [3.8, 4) is 0 Å². The van der Waals surface area contributed by atoms with Gasteiger partial charge in [-0.1, -0.05) is 35.1 Å². The van der Waals surface area contributed by atoms with Gasteiger partial charge < -0.3 is 16.4 Å². The number of para-hydroxylation sites is 1. The fourth-order valence-corrected chi connectivity index (χ4v) is 2.65. The number of hydrogen-bond acceptors (Lipinski definition) is 5. The molecule has 1 aromatic heterocycles. The molecule has 2 rings (SSSR count). The summed E-state index contributed by atoms with van der Waals surface area (Å²) >= 11 is 7.22. The first-order valence-corrected chi connectivity index (χ1v) is 7.25. The summed E-state index contributed by atoms with van der Waals surface area (Å²) in [5.74, 6) is -0.104. The van der Waals surface area contributed by atoms with Crippen molar-refractivity contribution in [3.05, 3.63) is 34.2 Å². The quantitative estimate of drug-likeness (QED) is 0.808. The van der Waals surface area contributed by atoms with Gasteiger partial charge in [-0.25, -0.2) is 4.98 Å². The van der Waals surface area contributed by atoms with E-state index in [0.717, 1.165) is 0 Å². The van der Waals surface area contributed by atoms with Gasteiger partial charge in [0.15, 0.2) is 5.13 Å². The fourth-order valence-electron chi connectivity index (χ4n) is 1.54. The molecule has 0 bridgehead atoms. The maximum atomic E-state index is 12.2. The second-order valence-electron chi connectivity index (χ2n) is 4.47. The average molecular weight is 311 g/mol. The Morgan fingerprint density at radius 3 is 2.75 bits per heavy atom. The summed E-state index contributed by atoms with van der Waals surface area (Å²) < 4.78 is 0. The topological polar surface area (TPSA) is 80.0 Å². The molecule has 1 amide bonds. The number of carbonyl (C=O) groups is 1. The number of benzene rings is 1. The first kappa shape index (κ1) is 14.6. The molecule has 0 spiro atoms. The molecule has 106 valence electrons. The summed E-state index contributed by atoms with van der Waals surface area (Å²) in [5.41, 5.74) is 6.32. The monoisotopic (exact) mass is 310 g/mol. The van der Waals surface area contributed by atoms with Gasteiger partial charge in [-0.2, -0.15) is 0 Å². The Bertz CT molecular complexity index is 627. The van der Waals surface area contributed by atoms with E-state index in [0.29, 0.717) is 20.7 Å². The van der Waals surface area contributed by atoms with Crippen LogP contribution in [0.3, 0.4) is 0 Å². The highest BCUT2D eigenvalue weighted by atomic mass is 35.5. The minimum Gasteiger partial charge on any atom is -0.382 e. The molecule has 0 unspecified atom stereocenters. The number of nitrogens with one attached hydrogen (secondary N) is 2. The van der Waals surface area contributed by atoms with Crippen molar-refractivity contribution in [1.82, 2.24) is 4.98 Å². The van der Waals surface area contributed by atoms with E-state index in [1.807, 2.05) is 13.8 Å². The molecule has 0 aliphatic rings. The van der Waals surface area contributed by atoms with Crippen LogP contribution in [0.1, 0.15) is 23.5 Å². The Hall–Kier alpha value is -1.79. The molecule has 0 aliphatic carbocycles. The van der Waals surface area contributed by atoms with Crippen LogP contribution in [0.25, 0.3) is 0 Å². The molecule has 0 atom stereocenters. The molecular weight excluding hydrogens is 296 g/mol. The zero-order valence-electron chi connectivity index (χ0n) is 11.1. The summed E-state index contributed by atoms with van der Waals surface area (Å²) in [5, 5.41) is 6.95. The molecule has 2 aromatic rings. The number of amides is 1. The third kappa shape index (κ3) is 3.40. The van der Waals surface area contributed by atoms with Gasteiger partial charge in [-0.3, -0.25) is 4.79 Å². The highest BCUT2D eigenvalue weighted by Gasteiger charge is 2.17. The zero-order chi connectivity index (χ0) is 14.7. The molecular formula is C13H15ClN4OS. The van der Waals surface area contributed by atoms with E-state index in [-0.39, 0.29) is 17.8 Å². The first-order chi connectivity index (χ1) is 9.47. The molecule has 20 heavy (non-hydrogen) atoms. The van der Waals surface area contributed by atoms with Crippen molar-refractivity contribution in [2.45, 2.75) is 19.9 Å². The Kier molecular flexibility index (Phi) is 4.46. The van der Waals surface area contributed by atoms with E-state index < -0.39 is 0 Å². The second kappa shape index (κ2) is 6.11. The minimum absolute atomic E-state index is 0.211. The fraction of sp³-hybridized carbons (Fsp3) is 0.231. The minimum atomic E-state index is -0.315. The first-order valence-electron chi connectivity index (χ1n) is 6.06. The summed E-state index contributed by atoms with van der Waals surface area (Å²) in [6.07, 6.45) is 0. The van der Waals surface area contributed by atoms with Gasteiger partial charge in [0.25, 0.3) is 5.91 Å². The summed E-state index contributed by atoms with van der Waals surface area (Å²) in [7, 11) is 0. The van der Waals surface area contributed by atoms with Gasteiger partial charge in [0, 0.05) is 6.04 Å². The lowest BCUT2D eigenvalue weighted by Crippen LogP contribution is -2.12. The number of halogens is 1. The van der Waals surface area contributed by atoms with Crippen LogP contribution in [0.4, 0.5) is 16.6 Å². The molecule has 0 fully saturated rings. The number of rotatable bonds is 4. The molecule has 7 heteroatoms. The van der Waals surface area contributed by atoms with E-state index in [9.17, 15) is 4.79 Å². The number of nitrogen functional groups attached to an aromatic ring is 1. The normalized spacial score (nSPS) is 10.6. The standard InChI is InChI=1S/C13H15ClN4OS/c1-7(2)16-13-18-11(15)10(20-13)12(19)17-9-6-4-3-5-8(9)14/h3-7H,15H2,1-2H3,(H,16,18)(H,17,19). The second-order valence-corrected chi connectivity index (χ2v) is 5.87. The zero-order valence-corrected chi connectivity index (χ0v) is 12.7. The number of aromatic nitrogens is 1. The highest BCUT2D eigenvalue weighted by molar-refractivity contribution is 7.18. The number of nitrogens with zero attached hydrogens (tertiary/aromatic N) is 1. The predicted molar refractivity (Wildman–Crippen MR) is 84.7 cm³/mol. The Balaban J connectivity index is 2.17. The Morgan fingerprint density at radius 2 is 2.10 bits per heavy atom. The van der Waals surface area contributed by atoms with Crippen molar-refractivity contribution in [1.29, 1.82) is 0 Å². The lowest BCUT2D eigenvalue weighted by molar-refractivity contribution is 0.103. The van der Waals surface area contributed by atoms with Crippen LogP contribution in [0.2, 0.25) is 5.02 Å². The van der Waals surface area contributed by atoms with Crippen LogP contribution in [-0.4, -0.2) is 16.9 Å². The van der Waals surface area contributed by atoms with Gasteiger partial charge >= 0.3 is 0 Å². The van der Waals surface area contributed by atoms with E-state index in [1.54, 1.807) is 24.3 Å². The van der Waals surface area contributed by atoms with Crippen LogP contribution in [0.5, 0.6) is 0 Å². The van der Waals surface area contributed by atoms with E-state index in [2.05, 4.69) is 15.6 Å². The Labute approximate surface area is 126 Å². The molecule has 5 nitrogen and oxygen atoms in total. The molecule has 0 saturated heterocycles. The third-order valence-corrected chi connectivity index (χ3v) is 3.72. The molecule has 0 aliphatic heterocycles. The van der Waals surface area contributed by atoms with Gasteiger partial charge in [-0.15, -0.1) is 0 Å². The lowest BCUT2D eigenvalue weighted by Gasteiger charge is -2.05. The smallest absolute Gasteiger partial charge is 0.269 e. The van der Waals surface area contributed by atoms with E-state index in [4.69, 9.17) is 17.3 Å². The highest BCUT2D eigenvalue weighted by Crippen LogP contribution is 2.28. The summed E-state index contributed by atoms with van der Waals surface area (Å²) in [6, 6.07) is 7.25. The van der Waals surface area contributed by atoms with Crippen molar-refractivity contribution < 1.29 is 4.79 Å². The largest absolute Gasteiger partial charge is 0.382 e. The van der Waals surface area contributed by atoms with Crippen LogP contribution in [0, 0.1) is 0 Å². The van der Waals surface area contributed by atoms with Gasteiger partial charge in [0.1, 0.15) is 10.7 Å². The number of carbonyl (C=O) groups excluding carboxylic acids is 1. The molecule has 0 saturated carbocycles. The van der Waals surface area contributed by atoms with Gasteiger partial charge in [0.2, 0.25) is 0 Å². The van der Waals surface area contributed by atoms with Crippen molar-refractivity contribution in [2.24, 2.45) is 0 Å². The van der Waals surface area contributed by atoms with E-state index in [1.165, 1.54) is 11.3 Å². The van der Waals surface area contributed by atoms with Gasteiger partial charge in [-0.05, 0) is 26.0 Å². The maximum Gasteiger partial charge on any atom is 0.269 e. The van der Waals surface area contributed by atoms with Crippen LogP contribution in [-0.2, 0) is 0 Å². The van der Waals surface area contributed by atoms with Crippen molar-refractivity contribution in [2.75, 3.05) is 16.4 Å².